The van der Waals surface area contributed by atoms with Crippen LogP contribution in [-0.4, -0.2) is 51.9 Å². The van der Waals surface area contributed by atoms with E-state index in [1.807, 2.05) is 30.3 Å². The molecule has 3 aromatic heterocycles. The summed E-state index contributed by atoms with van der Waals surface area (Å²) in [5, 5.41) is 9.90. The van der Waals surface area contributed by atoms with Crippen LogP contribution in [-0.2, 0) is 11.2 Å². The first kappa shape index (κ1) is 20.1. The first-order chi connectivity index (χ1) is 15.7. The molecule has 0 spiro atoms. The molecule has 9 heteroatoms. The number of aldehydes is 1. The molecular formula is C23H22N6O3. The summed E-state index contributed by atoms with van der Waals surface area (Å²) < 4.78 is 10.8. The Morgan fingerprint density at radius 1 is 1.22 bits per heavy atom. The summed E-state index contributed by atoms with van der Waals surface area (Å²) >= 11 is 0. The lowest BCUT2D eigenvalue weighted by Gasteiger charge is -2.33. The van der Waals surface area contributed by atoms with Crippen molar-refractivity contribution in [2.45, 2.75) is 19.4 Å². The molecule has 0 aliphatic carbocycles. The van der Waals surface area contributed by atoms with Gasteiger partial charge in [0.2, 0.25) is 5.95 Å². The van der Waals surface area contributed by atoms with E-state index in [1.165, 1.54) is 0 Å². The smallest absolute Gasteiger partial charge is 0.225 e. The third-order valence-corrected chi connectivity index (χ3v) is 5.71. The van der Waals surface area contributed by atoms with Crippen LogP contribution in [0.15, 0.2) is 42.7 Å². The zero-order valence-corrected chi connectivity index (χ0v) is 17.8. The summed E-state index contributed by atoms with van der Waals surface area (Å²) in [5.74, 6) is 1.29. The second-order valence-electron chi connectivity index (χ2n) is 7.61. The monoisotopic (exact) mass is 430 g/mol. The van der Waals surface area contributed by atoms with Crippen molar-refractivity contribution in [2.75, 3.05) is 25.3 Å². The molecule has 1 N–H and O–H groups in total. The molecule has 1 aliphatic rings. The fraction of sp³-hybridized carbons (Fsp3) is 0.261. The molecule has 4 heterocycles. The number of aromatic nitrogens is 5. The minimum Gasteiger partial charge on any atom is -0.467 e. The minimum atomic E-state index is 0.0200. The molecule has 1 atom stereocenters. The van der Waals surface area contributed by atoms with Crippen molar-refractivity contribution < 1.29 is 14.3 Å². The standard InChI is InChI=1S/C23H22N6O3/c1-14-21-17-9-19(16-5-3-4-6-20(16)32-13-31-2)27-28-22(17)26-18(21)7-8-29(14)23-24-10-15(12-30)11-25-23/h3-6,9-12,14H,7-8,13H2,1-2H3,(H,26,28). The van der Waals surface area contributed by atoms with E-state index in [0.29, 0.717) is 17.3 Å². The lowest BCUT2D eigenvalue weighted by Crippen LogP contribution is -2.35. The lowest BCUT2D eigenvalue weighted by molar-refractivity contribution is 0.0515. The van der Waals surface area contributed by atoms with Crippen LogP contribution in [0.5, 0.6) is 5.75 Å². The maximum absolute atomic E-state index is 10.9. The molecule has 1 aromatic carbocycles. The summed E-state index contributed by atoms with van der Waals surface area (Å²) in [6, 6.07) is 9.76. The van der Waals surface area contributed by atoms with Crippen molar-refractivity contribution in [3.05, 3.63) is 59.5 Å². The van der Waals surface area contributed by atoms with Gasteiger partial charge in [0, 0.05) is 54.7 Å². The van der Waals surface area contributed by atoms with Gasteiger partial charge in [0.05, 0.1) is 17.3 Å². The van der Waals surface area contributed by atoms with E-state index in [2.05, 4.69) is 37.0 Å². The van der Waals surface area contributed by atoms with Crippen LogP contribution >= 0.6 is 0 Å². The molecule has 162 valence electrons. The lowest BCUT2D eigenvalue weighted by atomic mass is 9.97. The molecule has 5 rings (SSSR count). The molecule has 9 nitrogen and oxygen atoms in total. The van der Waals surface area contributed by atoms with Crippen molar-refractivity contribution >= 4 is 23.3 Å². The van der Waals surface area contributed by atoms with Gasteiger partial charge in [0.1, 0.15) is 5.75 Å². The zero-order valence-electron chi connectivity index (χ0n) is 17.8. The number of nitrogens with zero attached hydrogens (tertiary/aromatic N) is 5. The quantitative estimate of drug-likeness (QED) is 0.367. The number of rotatable bonds is 6. The predicted octanol–water partition coefficient (Wildman–Crippen LogP) is 3.33. The molecule has 0 fully saturated rings. The van der Waals surface area contributed by atoms with Gasteiger partial charge in [-0.25, -0.2) is 9.97 Å². The van der Waals surface area contributed by atoms with Crippen LogP contribution in [0.2, 0.25) is 0 Å². The molecule has 1 unspecified atom stereocenters. The van der Waals surface area contributed by atoms with E-state index in [-0.39, 0.29) is 12.8 Å². The van der Waals surface area contributed by atoms with Gasteiger partial charge < -0.3 is 19.4 Å². The molecule has 0 bridgehead atoms. The molecule has 1 aliphatic heterocycles. The number of fused-ring (bicyclic) bond motifs is 3. The SMILES string of the molecule is COCOc1ccccc1-c1cc2c3c([nH]c2nn1)CCN(c1ncc(C=O)cn1)C3C. The normalized spacial score (nSPS) is 15.6. The Bertz CT molecular complexity index is 1270. The number of hydrogen-bond acceptors (Lipinski definition) is 8. The Kier molecular flexibility index (Phi) is 5.24. The molecular weight excluding hydrogens is 408 g/mol. The number of methoxy groups -OCH3 is 1. The Morgan fingerprint density at radius 3 is 2.81 bits per heavy atom. The van der Waals surface area contributed by atoms with Gasteiger partial charge in [-0.1, -0.05) is 12.1 Å². The van der Waals surface area contributed by atoms with Gasteiger partial charge in [-0.3, -0.25) is 4.79 Å². The van der Waals surface area contributed by atoms with Crippen LogP contribution in [0.1, 0.15) is 34.6 Å². The average molecular weight is 430 g/mol. The number of aromatic amines is 1. The summed E-state index contributed by atoms with van der Waals surface area (Å²) in [4.78, 5) is 25.3. The fourth-order valence-corrected chi connectivity index (χ4v) is 4.19. The highest BCUT2D eigenvalue weighted by Crippen LogP contribution is 2.38. The molecule has 32 heavy (non-hydrogen) atoms. The molecule has 0 amide bonds. The third kappa shape index (κ3) is 3.46. The van der Waals surface area contributed by atoms with Crippen LogP contribution in [0.25, 0.3) is 22.3 Å². The fourth-order valence-electron chi connectivity index (χ4n) is 4.19. The zero-order chi connectivity index (χ0) is 22.1. The second kappa shape index (κ2) is 8.35. The highest BCUT2D eigenvalue weighted by molar-refractivity contribution is 5.86. The highest BCUT2D eigenvalue weighted by Gasteiger charge is 2.30. The summed E-state index contributed by atoms with van der Waals surface area (Å²) in [6.07, 6.45) is 4.65. The van der Waals surface area contributed by atoms with Crippen molar-refractivity contribution in [3.63, 3.8) is 0 Å². The number of benzene rings is 1. The summed E-state index contributed by atoms with van der Waals surface area (Å²) in [7, 11) is 1.59. The van der Waals surface area contributed by atoms with Crippen LogP contribution < -0.4 is 9.64 Å². The van der Waals surface area contributed by atoms with Crippen LogP contribution in [0, 0.1) is 0 Å². The molecule has 0 radical (unpaired) electrons. The van der Waals surface area contributed by atoms with Gasteiger partial charge in [-0.2, -0.15) is 0 Å². The second-order valence-corrected chi connectivity index (χ2v) is 7.61. The Hall–Kier alpha value is -3.85. The maximum Gasteiger partial charge on any atom is 0.225 e. The van der Waals surface area contributed by atoms with Gasteiger partial charge in [0.25, 0.3) is 0 Å². The number of ether oxygens (including phenoxy) is 2. The number of hydrogen-bond donors (Lipinski definition) is 1. The van der Waals surface area contributed by atoms with E-state index >= 15 is 0 Å². The van der Waals surface area contributed by atoms with Crippen LogP contribution in [0.3, 0.4) is 0 Å². The first-order valence-corrected chi connectivity index (χ1v) is 10.3. The Labute approximate surface area is 184 Å². The topological polar surface area (TPSA) is 106 Å². The van der Waals surface area contributed by atoms with Gasteiger partial charge >= 0.3 is 0 Å². The Morgan fingerprint density at radius 2 is 2.03 bits per heavy atom. The van der Waals surface area contributed by atoms with Crippen molar-refractivity contribution in [3.8, 4) is 17.0 Å². The number of anilines is 1. The maximum atomic E-state index is 10.9. The van der Waals surface area contributed by atoms with E-state index in [9.17, 15) is 4.79 Å². The number of H-pyrrole nitrogens is 1. The van der Waals surface area contributed by atoms with Crippen LogP contribution in [0.4, 0.5) is 5.95 Å². The summed E-state index contributed by atoms with van der Waals surface area (Å²) in [5.41, 5.74) is 5.08. The molecule has 4 aromatic rings. The van der Waals surface area contributed by atoms with E-state index in [1.54, 1.807) is 19.5 Å². The number of carbonyl (C=O) groups is 1. The number of para-hydroxylation sites is 1. The van der Waals surface area contributed by atoms with Gasteiger partial charge in [-0.05, 0) is 25.1 Å². The van der Waals surface area contributed by atoms with Crippen molar-refractivity contribution in [1.82, 2.24) is 25.1 Å². The van der Waals surface area contributed by atoms with Gasteiger partial charge in [-0.15, -0.1) is 10.2 Å². The van der Waals surface area contributed by atoms with Crippen molar-refractivity contribution in [2.24, 2.45) is 0 Å². The van der Waals surface area contributed by atoms with E-state index < -0.39 is 0 Å². The first-order valence-electron chi connectivity index (χ1n) is 10.3. The van der Waals surface area contributed by atoms with Crippen molar-refractivity contribution in [1.29, 1.82) is 0 Å². The van der Waals surface area contributed by atoms with Gasteiger partial charge in [0.15, 0.2) is 18.7 Å². The Balaban J connectivity index is 1.55. The van der Waals surface area contributed by atoms with E-state index in [4.69, 9.17) is 9.47 Å². The summed E-state index contributed by atoms with van der Waals surface area (Å²) in [6.45, 7) is 3.04. The minimum absolute atomic E-state index is 0.0200. The predicted molar refractivity (Wildman–Crippen MR) is 119 cm³/mol. The average Bonchev–Trinajstić information content (AvgIpc) is 3.22. The molecule has 0 saturated heterocycles. The largest absolute Gasteiger partial charge is 0.467 e. The highest BCUT2D eigenvalue weighted by atomic mass is 16.7. The van der Waals surface area contributed by atoms with E-state index in [0.717, 1.165) is 52.8 Å². The third-order valence-electron chi connectivity index (χ3n) is 5.71. The molecule has 0 saturated carbocycles. The number of carbonyl (C=O) groups excluding carboxylic acids is 1. The number of nitrogens with one attached hydrogen (secondary N) is 1.